The maximum absolute atomic E-state index is 13.6. The van der Waals surface area contributed by atoms with E-state index in [1.165, 1.54) is 16.2 Å². The largest absolute Gasteiger partial charge is 0.503 e. The predicted molar refractivity (Wildman–Crippen MR) is 149 cm³/mol. The fourth-order valence-electron chi connectivity index (χ4n) is 4.65. The molecular formula is C31H24N2O5S. The van der Waals surface area contributed by atoms with E-state index in [1.807, 2.05) is 55.5 Å². The van der Waals surface area contributed by atoms with E-state index >= 15 is 0 Å². The number of carbonyl (C=O) groups is 2. The van der Waals surface area contributed by atoms with Crippen LogP contribution in [0.25, 0.3) is 10.2 Å². The van der Waals surface area contributed by atoms with E-state index in [1.54, 1.807) is 43.3 Å². The topological polar surface area (TPSA) is 92.9 Å². The molecule has 0 spiro atoms. The van der Waals surface area contributed by atoms with Crippen molar-refractivity contribution in [3.63, 3.8) is 0 Å². The zero-order chi connectivity index (χ0) is 27.1. The second-order valence-corrected chi connectivity index (χ2v) is 10.4. The third kappa shape index (κ3) is 4.59. The molecular weight excluding hydrogens is 512 g/mol. The van der Waals surface area contributed by atoms with Gasteiger partial charge in [0.25, 0.3) is 5.91 Å². The molecule has 0 aliphatic carbocycles. The lowest BCUT2D eigenvalue weighted by molar-refractivity contribution is -0.117. The van der Waals surface area contributed by atoms with Gasteiger partial charge in [0.1, 0.15) is 18.1 Å². The summed E-state index contributed by atoms with van der Waals surface area (Å²) in [7, 11) is 0. The first-order valence-corrected chi connectivity index (χ1v) is 13.2. The Labute approximate surface area is 228 Å². The number of aliphatic hydroxyl groups is 1. The highest BCUT2D eigenvalue weighted by Gasteiger charge is 2.46. The number of rotatable bonds is 7. The van der Waals surface area contributed by atoms with Crippen LogP contribution < -0.4 is 9.64 Å². The minimum Gasteiger partial charge on any atom is -0.503 e. The number of Topliss-reactive ketones (excluding diaryl/α,β-unsaturated/α-hetero) is 1. The maximum atomic E-state index is 13.6. The van der Waals surface area contributed by atoms with Crippen LogP contribution in [0.3, 0.4) is 0 Å². The number of nitrogens with zero attached hydrogens (tertiary/aromatic N) is 2. The Morgan fingerprint density at radius 3 is 2.51 bits per heavy atom. The number of hydrogen-bond acceptors (Lipinski definition) is 7. The number of aryl methyl sites for hydroxylation is 2. The highest BCUT2D eigenvalue weighted by atomic mass is 32.1. The fraction of sp³-hybridized carbons (Fsp3) is 0.129. The average molecular weight is 537 g/mol. The van der Waals surface area contributed by atoms with Crippen molar-refractivity contribution >= 4 is 38.4 Å². The van der Waals surface area contributed by atoms with Crippen molar-refractivity contribution in [3.05, 3.63) is 124 Å². The van der Waals surface area contributed by atoms with Gasteiger partial charge in [-0.05, 0) is 66.9 Å². The van der Waals surface area contributed by atoms with Gasteiger partial charge in [-0.1, -0.05) is 59.9 Å². The Hall–Kier alpha value is -4.69. The quantitative estimate of drug-likeness (QED) is 0.228. The molecule has 0 saturated carbocycles. The lowest BCUT2D eigenvalue weighted by atomic mass is 9.95. The van der Waals surface area contributed by atoms with Crippen molar-refractivity contribution < 1.29 is 23.8 Å². The summed E-state index contributed by atoms with van der Waals surface area (Å²) >= 11 is 1.33. The van der Waals surface area contributed by atoms with E-state index in [-0.39, 0.29) is 11.3 Å². The summed E-state index contributed by atoms with van der Waals surface area (Å²) in [6.45, 7) is 4.12. The molecule has 0 fully saturated rings. The Morgan fingerprint density at radius 1 is 1.03 bits per heavy atom. The van der Waals surface area contributed by atoms with E-state index in [0.717, 1.165) is 21.3 Å². The third-order valence-electron chi connectivity index (χ3n) is 6.60. The lowest BCUT2D eigenvalue weighted by Crippen LogP contribution is -2.30. The van der Waals surface area contributed by atoms with Gasteiger partial charge < -0.3 is 14.3 Å². The van der Waals surface area contributed by atoms with Crippen LogP contribution in [0.15, 0.2) is 101 Å². The molecule has 0 radical (unpaired) electrons. The highest BCUT2D eigenvalue weighted by molar-refractivity contribution is 7.22. The molecule has 3 aromatic carbocycles. The average Bonchev–Trinajstić information content (AvgIpc) is 3.63. The number of carbonyl (C=O) groups excluding carboxylic acids is 2. The molecule has 1 aliphatic rings. The fourth-order valence-corrected chi connectivity index (χ4v) is 5.74. The number of thiazole rings is 1. The predicted octanol–water partition coefficient (Wildman–Crippen LogP) is 6.87. The molecule has 1 unspecified atom stereocenters. The van der Waals surface area contributed by atoms with Gasteiger partial charge in [-0.2, -0.15) is 0 Å². The number of hydrogen-bond donors (Lipinski definition) is 1. The molecule has 8 heteroatoms. The molecule has 5 aromatic rings. The molecule has 1 aliphatic heterocycles. The molecule has 6 rings (SSSR count). The third-order valence-corrected chi connectivity index (χ3v) is 7.62. The summed E-state index contributed by atoms with van der Waals surface area (Å²) in [6.07, 6.45) is 0. The van der Waals surface area contributed by atoms with Crippen LogP contribution in [-0.4, -0.2) is 21.8 Å². The maximum Gasteiger partial charge on any atom is 0.296 e. The van der Waals surface area contributed by atoms with Crippen molar-refractivity contribution in [2.24, 2.45) is 0 Å². The summed E-state index contributed by atoms with van der Waals surface area (Å²) in [5.74, 6) is -0.612. The number of aromatic nitrogens is 1. The van der Waals surface area contributed by atoms with Crippen LogP contribution in [0, 0.1) is 13.8 Å². The molecule has 194 valence electrons. The second-order valence-electron chi connectivity index (χ2n) is 9.39. The van der Waals surface area contributed by atoms with Crippen LogP contribution in [0.2, 0.25) is 0 Å². The SMILES string of the molecule is Cc1ccc2nc(N3C(=O)C(O)=C(C(=O)c4ccc(C)o4)C3c3ccc(OCc4ccccc4)cc3)sc2c1. The van der Waals surface area contributed by atoms with E-state index in [2.05, 4.69) is 4.98 Å². The Balaban J connectivity index is 1.39. The van der Waals surface area contributed by atoms with E-state index < -0.39 is 23.5 Å². The summed E-state index contributed by atoms with van der Waals surface area (Å²) in [4.78, 5) is 33.1. The van der Waals surface area contributed by atoms with Gasteiger partial charge in [0.05, 0.1) is 21.8 Å². The molecule has 39 heavy (non-hydrogen) atoms. The molecule has 1 atom stereocenters. The van der Waals surface area contributed by atoms with Crippen LogP contribution in [0.1, 0.15) is 39.0 Å². The summed E-state index contributed by atoms with van der Waals surface area (Å²) < 4.78 is 12.4. The monoisotopic (exact) mass is 536 g/mol. The first kappa shape index (κ1) is 24.6. The van der Waals surface area contributed by atoms with Crippen molar-refractivity contribution in [2.45, 2.75) is 26.5 Å². The molecule has 1 N–H and O–H groups in total. The van der Waals surface area contributed by atoms with E-state index in [9.17, 15) is 14.7 Å². The van der Waals surface area contributed by atoms with Gasteiger partial charge in [0.15, 0.2) is 16.7 Å². The van der Waals surface area contributed by atoms with Gasteiger partial charge in [0.2, 0.25) is 5.78 Å². The van der Waals surface area contributed by atoms with Crippen LogP contribution in [0.4, 0.5) is 5.13 Å². The zero-order valence-electron chi connectivity index (χ0n) is 21.3. The number of furan rings is 1. The minimum atomic E-state index is -0.903. The zero-order valence-corrected chi connectivity index (χ0v) is 22.1. The Morgan fingerprint density at radius 2 is 1.79 bits per heavy atom. The summed E-state index contributed by atoms with van der Waals surface area (Å²) in [5.41, 5.74) is 3.41. The van der Waals surface area contributed by atoms with Crippen molar-refractivity contribution in [1.82, 2.24) is 4.98 Å². The number of fused-ring (bicyclic) bond motifs is 1. The second kappa shape index (κ2) is 9.89. The molecule has 1 amide bonds. The van der Waals surface area contributed by atoms with Gasteiger partial charge in [0, 0.05) is 0 Å². The Bertz CT molecular complexity index is 1730. The molecule has 0 saturated heterocycles. The van der Waals surface area contributed by atoms with Crippen molar-refractivity contribution in [1.29, 1.82) is 0 Å². The first-order chi connectivity index (χ1) is 18.9. The number of ketones is 1. The standard InChI is InChI=1S/C31H24N2O5S/c1-18-8-14-23-25(16-18)39-31(32-23)33-27(26(29(35)30(33)36)28(34)24-15-9-19(2)38-24)21-10-12-22(13-11-21)37-17-20-6-4-3-5-7-20/h3-16,27,35H,17H2,1-2H3. The highest BCUT2D eigenvalue weighted by Crippen LogP contribution is 2.44. The summed E-state index contributed by atoms with van der Waals surface area (Å²) in [6, 6.07) is 25.1. The van der Waals surface area contributed by atoms with Gasteiger partial charge >= 0.3 is 0 Å². The molecule has 2 aromatic heterocycles. The van der Waals surface area contributed by atoms with E-state index in [0.29, 0.717) is 28.8 Å². The number of aliphatic hydroxyl groups excluding tert-OH is 1. The minimum absolute atomic E-state index is 0.0523. The number of ether oxygens (including phenoxy) is 1. The van der Waals surface area contributed by atoms with Gasteiger partial charge in [-0.25, -0.2) is 4.98 Å². The first-order valence-electron chi connectivity index (χ1n) is 12.4. The molecule has 0 bridgehead atoms. The van der Waals surface area contributed by atoms with Gasteiger partial charge in [-0.15, -0.1) is 0 Å². The lowest BCUT2D eigenvalue weighted by Gasteiger charge is -2.24. The smallest absolute Gasteiger partial charge is 0.296 e. The Kier molecular flexibility index (Phi) is 6.24. The molecule has 3 heterocycles. The van der Waals surface area contributed by atoms with Crippen molar-refractivity contribution in [3.8, 4) is 5.75 Å². The van der Waals surface area contributed by atoms with Gasteiger partial charge in [-0.3, -0.25) is 14.5 Å². The number of amides is 1. The summed E-state index contributed by atoms with van der Waals surface area (Å²) in [5, 5.41) is 11.4. The van der Waals surface area contributed by atoms with Crippen molar-refractivity contribution in [2.75, 3.05) is 4.90 Å². The normalized spacial score (nSPS) is 15.4. The van der Waals surface area contributed by atoms with E-state index in [4.69, 9.17) is 9.15 Å². The molecule has 7 nitrogen and oxygen atoms in total. The van der Waals surface area contributed by atoms with Crippen LogP contribution in [0.5, 0.6) is 5.75 Å². The van der Waals surface area contributed by atoms with Crippen LogP contribution in [-0.2, 0) is 11.4 Å². The number of benzene rings is 3. The van der Waals surface area contributed by atoms with Crippen LogP contribution >= 0.6 is 11.3 Å². The number of anilines is 1.